The van der Waals surface area contributed by atoms with Crippen LogP contribution in [-0.4, -0.2) is 34.4 Å². The Morgan fingerprint density at radius 2 is 1.76 bits per heavy atom. The van der Waals surface area contributed by atoms with Gasteiger partial charge in [-0.1, -0.05) is 35.3 Å². The van der Waals surface area contributed by atoms with Gasteiger partial charge in [-0.25, -0.2) is 9.97 Å². The summed E-state index contributed by atoms with van der Waals surface area (Å²) < 4.78 is 6.33. The predicted octanol–water partition coefficient (Wildman–Crippen LogP) is 5.25. The molecule has 0 unspecified atom stereocenters. The maximum atomic E-state index is 12.8. The molecule has 0 amide bonds. The van der Waals surface area contributed by atoms with Crippen molar-refractivity contribution in [3.63, 3.8) is 0 Å². The summed E-state index contributed by atoms with van der Waals surface area (Å²) >= 11 is 12.4. The van der Waals surface area contributed by atoms with E-state index in [9.17, 15) is 4.79 Å². The number of rotatable bonds is 1. The van der Waals surface area contributed by atoms with Gasteiger partial charge in [0, 0.05) is 31.0 Å². The van der Waals surface area contributed by atoms with Crippen LogP contribution in [0.1, 0.15) is 35.3 Å². The van der Waals surface area contributed by atoms with Gasteiger partial charge in [0.1, 0.15) is 11.4 Å². The van der Waals surface area contributed by atoms with E-state index in [0.29, 0.717) is 40.6 Å². The quantitative estimate of drug-likeness (QED) is 0.530. The Bertz CT molecular complexity index is 1140. The molecule has 7 heteroatoms. The number of ketones is 1. The molecule has 0 saturated carbocycles. The molecule has 0 aliphatic carbocycles. The largest absolute Gasteiger partial charge is 0.484 e. The van der Waals surface area contributed by atoms with Crippen molar-refractivity contribution in [1.82, 2.24) is 9.97 Å². The van der Waals surface area contributed by atoms with Gasteiger partial charge >= 0.3 is 0 Å². The van der Waals surface area contributed by atoms with Gasteiger partial charge in [-0.3, -0.25) is 4.79 Å². The van der Waals surface area contributed by atoms with Crippen molar-refractivity contribution in [1.29, 1.82) is 0 Å². The third kappa shape index (κ3) is 3.22. The first-order valence-corrected chi connectivity index (χ1v) is 10.4. The fraction of sp³-hybridized carbons (Fsp3) is 0.318. The molecule has 5 nitrogen and oxygen atoms in total. The number of fused-ring (bicyclic) bond motifs is 2. The Hall–Kier alpha value is -2.37. The SMILES string of the molecule is Cc1nc2ccccc2nc1N1CCC2(CC1)CC(=O)c1cc(Cl)cc(Cl)c1O2. The second kappa shape index (κ2) is 6.85. The minimum atomic E-state index is -0.532. The fourth-order valence-corrected chi connectivity index (χ4v) is 4.83. The van der Waals surface area contributed by atoms with E-state index >= 15 is 0 Å². The van der Waals surface area contributed by atoms with Crippen LogP contribution in [0.2, 0.25) is 10.0 Å². The molecular formula is C22H19Cl2N3O2. The van der Waals surface area contributed by atoms with E-state index in [2.05, 4.69) is 4.90 Å². The highest BCUT2D eigenvalue weighted by molar-refractivity contribution is 6.36. The molecule has 2 aliphatic heterocycles. The maximum absolute atomic E-state index is 12.8. The van der Waals surface area contributed by atoms with E-state index < -0.39 is 5.60 Å². The molecule has 5 rings (SSSR count). The lowest BCUT2D eigenvalue weighted by Crippen LogP contribution is -2.51. The van der Waals surface area contributed by atoms with E-state index in [1.807, 2.05) is 31.2 Å². The van der Waals surface area contributed by atoms with E-state index in [4.69, 9.17) is 37.9 Å². The summed E-state index contributed by atoms with van der Waals surface area (Å²) in [5, 5.41) is 0.834. The molecule has 3 aromatic rings. The van der Waals surface area contributed by atoms with Gasteiger partial charge in [0.15, 0.2) is 11.6 Å². The van der Waals surface area contributed by atoms with Crippen LogP contribution in [0.25, 0.3) is 11.0 Å². The van der Waals surface area contributed by atoms with Crippen LogP contribution in [0, 0.1) is 6.92 Å². The second-order valence-electron chi connectivity index (χ2n) is 7.76. The Labute approximate surface area is 178 Å². The summed E-state index contributed by atoms with van der Waals surface area (Å²) in [6, 6.07) is 11.1. The zero-order valence-corrected chi connectivity index (χ0v) is 17.4. The molecule has 0 radical (unpaired) electrons. The predicted molar refractivity (Wildman–Crippen MR) is 114 cm³/mol. The van der Waals surface area contributed by atoms with Crippen molar-refractivity contribution in [2.75, 3.05) is 18.0 Å². The van der Waals surface area contributed by atoms with Crippen LogP contribution in [0.5, 0.6) is 5.75 Å². The maximum Gasteiger partial charge on any atom is 0.170 e. The molecule has 3 heterocycles. The Kier molecular flexibility index (Phi) is 4.41. The minimum absolute atomic E-state index is 0.0331. The average Bonchev–Trinajstić information content (AvgIpc) is 2.69. The number of hydrogen-bond acceptors (Lipinski definition) is 5. The summed E-state index contributed by atoms with van der Waals surface area (Å²) in [7, 11) is 0. The topological polar surface area (TPSA) is 55.3 Å². The van der Waals surface area contributed by atoms with Crippen molar-refractivity contribution >= 4 is 45.8 Å². The summed E-state index contributed by atoms with van der Waals surface area (Å²) in [5.41, 5.74) is 2.63. The highest BCUT2D eigenvalue weighted by Gasteiger charge is 2.44. The van der Waals surface area contributed by atoms with Gasteiger partial charge in [-0.15, -0.1) is 0 Å². The molecule has 0 bridgehead atoms. The summed E-state index contributed by atoms with van der Waals surface area (Å²) in [4.78, 5) is 24.5. The van der Waals surface area contributed by atoms with Crippen LogP contribution in [0.4, 0.5) is 5.82 Å². The number of halogens is 2. The molecule has 1 saturated heterocycles. The number of benzene rings is 2. The van der Waals surface area contributed by atoms with E-state index in [1.165, 1.54) is 0 Å². The fourth-order valence-electron chi connectivity index (χ4n) is 4.29. The van der Waals surface area contributed by atoms with Crippen LogP contribution in [-0.2, 0) is 0 Å². The first kappa shape index (κ1) is 18.6. The van der Waals surface area contributed by atoms with Gasteiger partial charge in [-0.05, 0) is 31.2 Å². The summed E-state index contributed by atoms with van der Waals surface area (Å²) in [6.07, 6.45) is 1.77. The summed E-state index contributed by atoms with van der Waals surface area (Å²) in [5.74, 6) is 1.39. The first-order chi connectivity index (χ1) is 13.9. The van der Waals surface area contributed by atoms with Crippen molar-refractivity contribution < 1.29 is 9.53 Å². The Balaban J connectivity index is 1.41. The number of Topliss-reactive ketones (excluding diaryl/α,β-unsaturated/α-hetero) is 1. The van der Waals surface area contributed by atoms with Crippen LogP contribution in [0.15, 0.2) is 36.4 Å². The monoisotopic (exact) mass is 427 g/mol. The number of piperidine rings is 1. The minimum Gasteiger partial charge on any atom is -0.484 e. The summed E-state index contributed by atoms with van der Waals surface area (Å²) in [6.45, 7) is 3.46. The highest BCUT2D eigenvalue weighted by Crippen LogP contribution is 2.44. The number of hydrogen-bond donors (Lipinski definition) is 0. The normalized spacial score (nSPS) is 18.0. The van der Waals surface area contributed by atoms with Gasteiger partial charge in [-0.2, -0.15) is 0 Å². The standard InChI is InChI=1S/C22H19Cl2N3O2/c1-13-21(26-18-5-3-2-4-17(18)25-13)27-8-6-22(7-9-27)12-19(28)15-10-14(23)11-16(24)20(15)29-22/h2-5,10-11H,6-9,12H2,1H3. The van der Waals surface area contributed by atoms with Crippen LogP contribution in [0.3, 0.4) is 0 Å². The number of anilines is 1. The zero-order valence-electron chi connectivity index (χ0n) is 15.9. The lowest BCUT2D eigenvalue weighted by molar-refractivity contribution is 0.0231. The van der Waals surface area contributed by atoms with Crippen molar-refractivity contribution in [3.8, 4) is 5.75 Å². The van der Waals surface area contributed by atoms with Gasteiger partial charge in [0.25, 0.3) is 0 Å². The Morgan fingerprint density at radius 3 is 2.48 bits per heavy atom. The van der Waals surface area contributed by atoms with Crippen molar-refractivity contribution in [2.45, 2.75) is 31.8 Å². The molecule has 1 spiro atoms. The molecule has 2 aliphatic rings. The molecule has 1 aromatic heterocycles. The number of aryl methyl sites for hydroxylation is 1. The van der Waals surface area contributed by atoms with Gasteiger partial charge in [0.05, 0.1) is 33.7 Å². The lowest BCUT2D eigenvalue weighted by atomic mass is 9.82. The number of ether oxygens (including phenoxy) is 1. The van der Waals surface area contributed by atoms with Crippen LogP contribution >= 0.6 is 23.2 Å². The Morgan fingerprint density at radius 1 is 1.07 bits per heavy atom. The van der Waals surface area contributed by atoms with Crippen LogP contribution < -0.4 is 9.64 Å². The molecule has 0 atom stereocenters. The number of carbonyl (C=O) groups is 1. The average molecular weight is 428 g/mol. The smallest absolute Gasteiger partial charge is 0.170 e. The van der Waals surface area contributed by atoms with E-state index in [0.717, 1.165) is 35.6 Å². The number of aromatic nitrogens is 2. The van der Waals surface area contributed by atoms with E-state index in [-0.39, 0.29) is 5.78 Å². The van der Waals surface area contributed by atoms with Gasteiger partial charge < -0.3 is 9.64 Å². The first-order valence-electron chi connectivity index (χ1n) is 9.64. The third-order valence-corrected chi connectivity index (χ3v) is 6.30. The molecule has 1 fully saturated rings. The second-order valence-corrected chi connectivity index (χ2v) is 8.60. The molecular weight excluding hydrogens is 409 g/mol. The molecule has 0 N–H and O–H groups in total. The molecule has 2 aromatic carbocycles. The van der Waals surface area contributed by atoms with Crippen molar-refractivity contribution in [2.24, 2.45) is 0 Å². The van der Waals surface area contributed by atoms with Crippen molar-refractivity contribution in [3.05, 3.63) is 57.7 Å². The molecule has 148 valence electrons. The highest BCUT2D eigenvalue weighted by atomic mass is 35.5. The third-order valence-electron chi connectivity index (χ3n) is 5.80. The lowest BCUT2D eigenvalue weighted by Gasteiger charge is -2.44. The molecule has 29 heavy (non-hydrogen) atoms. The number of para-hydroxylation sites is 2. The van der Waals surface area contributed by atoms with Gasteiger partial charge in [0.2, 0.25) is 0 Å². The zero-order chi connectivity index (χ0) is 20.2. The number of carbonyl (C=O) groups excluding carboxylic acids is 1. The van der Waals surface area contributed by atoms with E-state index in [1.54, 1.807) is 12.1 Å². The number of nitrogens with zero attached hydrogens (tertiary/aromatic N) is 3.